The van der Waals surface area contributed by atoms with E-state index in [4.69, 9.17) is 15.2 Å². The maximum atomic E-state index is 13.1. The minimum atomic E-state index is -1.49. The van der Waals surface area contributed by atoms with Crippen molar-refractivity contribution in [3.8, 4) is 22.8 Å². The average Bonchev–Trinajstić information content (AvgIpc) is 3.62. The summed E-state index contributed by atoms with van der Waals surface area (Å²) in [6.45, 7) is 0. The van der Waals surface area contributed by atoms with Gasteiger partial charge in [0.25, 0.3) is 5.91 Å². The summed E-state index contributed by atoms with van der Waals surface area (Å²) in [4.78, 5) is 21.5. The van der Waals surface area contributed by atoms with Crippen LogP contribution in [0.3, 0.4) is 0 Å². The van der Waals surface area contributed by atoms with Gasteiger partial charge in [-0.25, -0.2) is 9.97 Å². The number of fused-ring (bicyclic) bond motifs is 1. The predicted molar refractivity (Wildman–Crippen MR) is 142 cm³/mol. The number of nitrogens with one attached hydrogen (secondary N) is 1. The SMILES string of the molecule is Cn1ccc(-c2cn([C@@H]3O[C@H](C(=O)Nc4ccc(Oc5ccccc5)cc4)[C@@H](O)[C@H]3O)c3ncnc(N)c23)n1. The Balaban J connectivity index is 1.22. The molecule has 198 valence electrons. The molecule has 6 rings (SSSR count). The molecule has 12 nitrogen and oxygen atoms in total. The number of amides is 1. The molecule has 0 unspecified atom stereocenters. The number of benzene rings is 2. The molecular weight excluding hydrogens is 502 g/mol. The van der Waals surface area contributed by atoms with Crippen molar-refractivity contribution in [3.05, 3.63) is 79.4 Å². The summed E-state index contributed by atoms with van der Waals surface area (Å²) in [6.07, 6.45) is -0.638. The number of rotatable bonds is 6. The van der Waals surface area contributed by atoms with Crippen LogP contribution in [0.4, 0.5) is 11.5 Å². The van der Waals surface area contributed by atoms with Crippen LogP contribution in [0.5, 0.6) is 11.5 Å². The van der Waals surface area contributed by atoms with Crippen molar-refractivity contribution in [3.63, 3.8) is 0 Å². The van der Waals surface area contributed by atoms with Crippen molar-refractivity contribution in [2.45, 2.75) is 24.5 Å². The van der Waals surface area contributed by atoms with Gasteiger partial charge in [0.2, 0.25) is 0 Å². The van der Waals surface area contributed by atoms with Crippen molar-refractivity contribution < 1.29 is 24.5 Å². The number of ether oxygens (including phenoxy) is 2. The molecule has 1 amide bonds. The van der Waals surface area contributed by atoms with Crippen molar-refractivity contribution >= 4 is 28.4 Å². The lowest BCUT2D eigenvalue weighted by Gasteiger charge is -2.17. The van der Waals surface area contributed by atoms with Crippen LogP contribution in [-0.2, 0) is 16.6 Å². The number of nitrogens with zero attached hydrogens (tertiary/aromatic N) is 5. The first-order chi connectivity index (χ1) is 18.9. The van der Waals surface area contributed by atoms with Crippen LogP contribution >= 0.6 is 0 Å². The van der Waals surface area contributed by atoms with Crippen molar-refractivity contribution in [1.82, 2.24) is 24.3 Å². The Kier molecular flexibility index (Phi) is 6.19. The fourth-order valence-electron chi connectivity index (χ4n) is 4.61. The molecule has 5 N–H and O–H groups in total. The highest BCUT2D eigenvalue weighted by molar-refractivity contribution is 6.00. The molecule has 0 radical (unpaired) electrons. The van der Waals surface area contributed by atoms with E-state index in [-0.39, 0.29) is 5.82 Å². The standard InChI is InChI=1S/C27H25N7O5/c1-33-12-11-19(32-33)18-13-34(25-20(18)24(28)29-14-30-25)27-22(36)21(35)23(39-27)26(37)31-15-7-9-17(10-8-15)38-16-5-3-2-4-6-16/h2-14,21-23,27,35-36H,1H3,(H,31,37)(H2,28,29,30)/t21-,22+,23-,27+/m0/s1. The molecule has 12 heteroatoms. The van der Waals surface area contributed by atoms with Gasteiger partial charge in [-0.05, 0) is 42.5 Å². The second-order valence-corrected chi connectivity index (χ2v) is 9.14. The minimum Gasteiger partial charge on any atom is -0.457 e. The number of nitrogens with two attached hydrogens (primary N) is 1. The molecule has 39 heavy (non-hydrogen) atoms. The van der Waals surface area contributed by atoms with Gasteiger partial charge in [-0.3, -0.25) is 9.48 Å². The number of hydrogen-bond acceptors (Lipinski definition) is 9. The second kappa shape index (κ2) is 9.83. The molecule has 1 fully saturated rings. The molecule has 3 aromatic heterocycles. The summed E-state index contributed by atoms with van der Waals surface area (Å²) in [5.74, 6) is 0.890. The Morgan fingerprint density at radius 3 is 2.49 bits per heavy atom. The number of carbonyl (C=O) groups excluding carboxylic acids is 1. The van der Waals surface area contributed by atoms with Gasteiger partial charge in [-0.2, -0.15) is 5.10 Å². The van der Waals surface area contributed by atoms with Crippen LogP contribution in [0.25, 0.3) is 22.3 Å². The highest BCUT2D eigenvalue weighted by Gasteiger charge is 2.48. The van der Waals surface area contributed by atoms with E-state index in [9.17, 15) is 15.0 Å². The van der Waals surface area contributed by atoms with E-state index in [1.54, 1.807) is 54.5 Å². The molecule has 1 aliphatic rings. The lowest BCUT2D eigenvalue weighted by Crippen LogP contribution is -2.39. The van der Waals surface area contributed by atoms with Gasteiger partial charge in [0, 0.05) is 30.7 Å². The Morgan fingerprint density at radius 2 is 1.77 bits per heavy atom. The lowest BCUT2D eigenvalue weighted by atomic mass is 10.1. The molecule has 0 bridgehead atoms. The molecular formula is C27H25N7O5. The Labute approximate surface area is 222 Å². The minimum absolute atomic E-state index is 0.224. The molecule has 2 aromatic carbocycles. The van der Waals surface area contributed by atoms with Crippen LogP contribution in [0, 0.1) is 0 Å². The van der Waals surface area contributed by atoms with Crippen molar-refractivity contribution in [2.75, 3.05) is 11.1 Å². The summed E-state index contributed by atoms with van der Waals surface area (Å²) >= 11 is 0. The summed E-state index contributed by atoms with van der Waals surface area (Å²) in [7, 11) is 1.79. The van der Waals surface area contributed by atoms with E-state index >= 15 is 0 Å². The van der Waals surface area contributed by atoms with Crippen LogP contribution in [0.2, 0.25) is 0 Å². The van der Waals surface area contributed by atoms with E-state index < -0.39 is 30.4 Å². The summed E-state index contributed by atoms with van der Waals surface area (Å²) in [6, 6.07) is 17.9. The number of aryl methyl sites for hydroxylation is 1. The number of nitrogen functional groups attached to an aromatic ring is 1. The number of para-hydroxylation sites is 1. The van der Waals surface area contributed by atoms with E-state index in [1.165, 1.54) is 10.9 Å². The van der Waals surface area contributed by atoms with Gasteiger partial charge in [-0.1, -0.05) is 18.2 Å². The van der Waals surface area contributed by atoms with Gasteiger partial charge in [0.15, 0.2) is 12.3 Å². The number of anilines is 2. The van der Waals surface area contributed by atoms with Gasteiger partial charge in [0.05, 0.1) is 11.1 Å². The first-order valence-electron chi connectivity index (χ1n) is 12.2. The largest absolute Gasteiger partial charge is 0.457 e. The van der Waals surface area contributed by atoms with Crippen LogP contribution in [0.1, 0.15) is 6.23 Å². The van der Waals surface area contributed by atoms with Crippen molar-refractivity contribution in [2.24, 2.45) is 7.05 Å². The fraction of sp³-hybridized carbons (Fsp3) is 0.185. The molecule has 1 aliphatic heterocycles. The number of hydrogen-bond donors (Lipinski definition) is 4. The van der Waals surface area contributed by atoms with E-state index in [1.807, 2.05) is 30.3 Å². The quantitative estimate of drug-likeness (QED) is 0.260. The smallest absolute Gasteiger partial charge is 0.256 e. The molecule has 0 aliphatic carbocycles. The topological polar surface area (TPSA) is 163 Å². The Hall–Kier alpha value is -4.78. The summed E-state index contributed by atoms with van der Waals surface area (Å²) in [5, 5.41) is 29.3. The van der Waals surface area contributed by atoms with Crippen LogP contribution < -0.4 is 15.8 Å². The van der Waals surface area contributed by atoms with Gasteiger partial charge in [-0.15, -0.1) is 0 Å². The summed E-state index contributed by atoms with van der Waals surface area (Å²) < 4.78 is 14.9. The van der Waals surface area contributed by atoms with Gasteiger partial charge >= 0.3 is 0 Å². The van der Waals surface area contributed by atoms with E-state index in [0.717, 1.165) is 0 Å². The monoisotopic (exact) mass is 527 g/mol. The zero-order valence-corrected chi connectivity index (χ0v) is 20.7. The third kappa shape index (κ3) is 4.56. The Morgan fingerprint density at radius 1 is 1.03 bits per heavy atom. The number of aliphatic hydroxyl groups is 2. The summed E-state index contributed by atoms with van der Waals surface area (Å²) in [5.41, 5.74) is 8.25. The number of aromatic nitrogens is 5. The molecule has 0 saturated carbocycles. The van der Waals surface area contributed by atoms with E-state index in [0.29, 0.717) is 39.5 Å². The molecule has 1 saturated heterocycles. The lowest BCUT2D eigenvalue weighted by molar-refractivity contribution is -0.132. The Bertz CT molecular complexity index is 1630. The average molecular weight is 528 g/mol. The van der Waals surface area contributed by atoms with E-state index in [2.05, 4.69) is 20.4 Å². The van der Waals surface area contributed by atoms with Crippen LogP contribution in [-0.4, -0.2) is 58.7 Å². The first-order valence-corrected chi connectivity index (χ1v) is 12.2. The maximum Gasteiger partial charge on any atom is 0.256 e. The predicted octanol–water partition coefficient (Wildman–Crippen LogP) is 2.46. The fourth-order valence-corrected chi connectivity index (χ4v) is 4.61. The maximum absolute atomic E-state index is 13.1. The number of aliphatic hydroxyl groups excluding tert-OH is 2. The molecule has 4 heterocycles. The molecule has 4 atom stereocenters. The zero-order valence-electron chi connectivity index (χ0n) is 20.7. The first kappa shape index (κ1) is 24.6. The zero-order chi connectivity index (χ0) is 27.1. The molecule has 0 spiro atoms. The van der Waals surface area contributed by atoms with Gasteiger partial charge < -0.3 is 35.3 Å². The van der Waals surface area contributed by atoms with Gasteiger partial charge in [0.1, 0.15) is 41.5 Å². The highest BCUT2D eigenvalue weighted by atomic mass is 16.6. The number of carbonyl (C=O) groups is 1. The van der Waals surface area contributed by atoms with Crippen molar-refractivity contribution in [1.29, 1.82) is 0 Å². The molecule has 5 aromatic rings. The van der Waals surface area contributed by atoms with Crippen LogP contribution in [0.15, 0.2) is 79.4 Å². The second-order valence-electron chi connectivity index (χ2n) is 9.14. The third-order valence-corrected chi connectivity index (χ3v) is 6.50. The third-order valence-electron chi connectivity index (χ3n) is 6.50. The highest BCUT2D eigenvalue weighted by Crippen LogP contribution is 2.38. The normalized spacial score (nSPS) is 20.8.